The number of para-hydroxylation sites is 2. The molecule has 6 heteroatoms. The van der Waals surface area contributed by atoms with Crippen molar-refractivity contribution in [1.29, 1.82) is 0 Å². The summed E-state index contributed by atoms with van der Waals surface area (Å²) in [7, 11) is 0. The molecule has 3 amide bonds. The zero-order valence-electron chi connectivity index (χ0n) is 15.5. The van der Waals surface area contributed by atoms with Gasteiger partial charge in [-0.15, -0.1) is 0 Å². The predicted molar refractivity (Wildman–Crippen MR) is 108 cm³/mol. The molecule has 29 heavy (non-hydrogen) atoms. The Morgan fingerprint density at radius 2 is 1.55 bits per heavy atom. The zero-order chi connectivity index (χ0) is 20.4. The van der Waals surface area contributed by atoms with Crippen molar-refractivity contribution in [3.63, 3.8) is 0 Å². The van der Waals surface area contributed by atoms with Gasteiger partial charge < -0.3 is 10.4 Å². The number of hydrogen-bond donors (Lipinski definition) is 2. The SMILES string of the molecule is O=C(Nc1ccccc1O)c1ccc2c(c1)C(=O)N(CCc1ccccc1)C2=O. The highest BCUT2D eigenvalue weighted by Crippen LogP contribution is 2.26. The fraction of sp³-hybridized carbons (Fsp3) is 0.0870. The second-order valence-corrected chi connectivity index (χ2v) is 6.73. The number of benzene rings is 3. The maximum absolute atomic E-state index is 12.7. The Hall–Kier alpha value is -3.93. The maximum Gasteiger partial charge on any atom is 0.261 e. The fourth-order valence-corrected chi connectivity index (χ4v) is 3.29. The lowest BCUT2D eigenvalue weighted by Crippen LogP contribution is -2.31. The monoisotopic (exact) mass is 386 g/mol. The number of aromatic hydroxyl groups is 1. The Morgan fingerprint density at radius 3 is 2.31 bits per heavy atom. The molecule has 0 spiro atoms. The lowest BCUT2D eigenvalue weighted by Gasteiger charge is -2.13. The summed E-state index contributed by atoms with van der Waals surface area (Å²) in [6.45, 7) is 0.274. The number of phenols is 1. The van der Waals surface area contributed by atoms with Crippen LogP contribution in [-0.2, 0) is 6.42 Å². The number of amides is 3. The number of carbonyl (C=O) groups is 3. The molecule has 144 valence electrons. The number of fused-ring (bicyclic) bond motifs is 1. The molecule has 6 nitrogen and oxygen atoms in total. The summed E-state index contributed by atoms with van der Waals surface area (Å²) in [5.41, 5.74) is 2.05. The van der Waals surface area contributed by atoms with Gasteiger partial charge in [0.05, 0.1) is 16.8 Å². The first-order chi connectivity index (χ1) is 14.0. The molecule has 0 aliphatic carbocycles. The largest absolute Gasteiger partial charge is 0.506 e. The van der Waals surface area contributed by atoms with E-state index in [1.54, 1.807) is 18.2 Å². The van der Waals surface area contributed by atoms with Gasteiger partial charge in [0.1, 0.15) is 5.75 Å². The number of phenolic OH excluding ortho intramolecular Hbond substituents is 1. The van der Waals surface area contributed by atoms with Gasteiger partial charge >= 0.3 is 0 Å². The van der Waals surface area contributed by atoms with Crippen molar-refractivity contribution in [3.8, 4) is 5.75 Å². The van der Waals surface area contributed by atoms with Crippen LogP contribution >= 0.6 is 0 Å². The van der Waals surface area contributed by atoms with Crippen molar-refractivity contribution >= 4 is 23.4 Å². The summed E-state index contributed by atoms with van der Waals surface area (Å²) in [4.78, 5) is 39.1. The van der Waals surface area contributed by atoms with Gasteiger partial charge in [-0.3, -0.25) is 19.3 Å². The Kier molecular flexibility index (Phi) is 4.83. The summed E-state index contributed by atoms with van der Waals surface area (Å²) in [5.74, 6) is -1.29. The molecule has 0 unspecified atom stereocenters. The number of imide groups is 1. The van der Waals surface area contributed by atoms with Gasteiger partial charge in [0.15, 0.2) is 0 Å². The number of carbonyl (C=O) groups excluding carboxylic acids is 3. The number of rotatable bonds is 5. The van der Waals surface area contributed by atoms with Gasteiger partial charge in [-0.25, -0.2) is 0 Å². The summed E-state index contributed by atoms with van der Waals surface area (Å²) in [5, 5.41) is 12.4. The Morgan fingerprint density at radius 1 is 0.862 bits per heavy atom. The van der Waals surface area contributed by atoms with Gasteiger partial charge in [0.25, 0.3) is 17.7 Å². The molecule has 1 aliphatic rings. The molecule has 0 bridgehead atoms. The van der Waals surface area contributed by atoms with Crippen molar-refractivity contribution in [1.82, 2.24) is 4.90 Å². The second kappa shape index (κ2) is 7.59. The first-order valence-corrected chi connectivity index (χ1v) is 9.18. The van der Waals surface area contributed by atoms with Crippen LogP contribution in [0.25, 0.3) is 0 Å². The van der Waals surface area contributed by atoms with Crippen LogP contribution in [0.15, 0.2) is 72.8 Å². The number of anilines is 1. The van der Waals surface area contributed by atoms with E-state index >= 15 is 0 Å². The van der Waals surface area contributed by atoms with Crippen molar-refractivity contribution in [3.05, 3.63) is 95.1 Å². The molecule has 3 aromatic rings. The summed E-state index contributed by atoms with van der Waals surface area (Å²) in [6, 6.07) is 20.4. The van der Waals surface area contributed by atoms with Gasteiger partial charge in [0, 0.05) is 12.1 Å². The summed E-state index contributed by atoms with van der Waals surface area (Å²) in [6.07, 6.45) is 0.562. The Bertz CT molecular complexity index is 1110. The van der Waals surface area contributed by atoms with Crippen molar-refractivity contribution < 1.29 is 19.5 Å². The highest BCUT2D eigenvalue weighted by molar-refractivity contribution is 6.22. The minimum atomic E-state index is -0.475. The van der Waals surface area contributed by atoms with Crippen molar-refractivity contribution in [2.24, 2.45) is 0 Å². The van der Waals surface area contributed by atoms with Crippen LogP contribution in [0.2, 0.25) is 0 Å². The number of hydrogen-bond acceptors (Lipinski definition) is 4. The van der Waals surface area contributed by atoms with Crippen LogP contribution in [0.1, 0.15) is 36.6 Å². The van der Waals surface area contributed by atoms with Crippen molar-refractivity contribution in [2.75, 3.05) is 11.9 Å². The van der Waals surface area contributed by atoms with Crippen LogP contribution in [0.3, 0.4) is 0 Å². The van der Waals surface area contributed by atoms with E-state index in [4.69, 9.17) is 0 Å². The summed E-state index contributed by atoms with van der Waals surface area (Å²) < 4.78 is 0. The first-order valence-electron chi connectivity index (χ1n) is 9.18. The normalized spacial score (nSPS) is 12.8. The van der Waals surface area contributed by atoms with Crippen LogP contribution in [0.5, 0.6) is 5.75 Å². The topological polar surface area (TPSA) is 86.7 Å². The predicted octanol–water partition coefficient (Wildman–Crippen LogP) is 3.48. The van der Waals surface area contributed by atoms with E-state index in [1.165, 1.54) is 29.2 Å². The second-order valence-electron chi connectivity index (χ2n) is 6.73. The first kappa shape index (κ1) is 18.4. The lowest BCUT2D eigenvalue weighted by molar-refractivity contribution is 0.0656. The molecule has 0 aromatic heterocycles. The zero-order valence-corrected chi connectivity index (χ0v) is 15.5. The minimum absolute atomic E-state index is 0.0552. The summed E-state index contributed by atoms with van der Waals surface area (Å²) >= 11 is 0. The molecule has 2 N–H and O–H groups in total. The molecule has 0 fully saturated rings. The molecular formula is C23H18N2O4. The third-order valence-corrected chi connectivity index (χ3v) is 4.85. The van der Waals surface area contributed by atoms with Gasteiger partial charge in [-0.05, 0) is 42.3 Å². The van der Waals surface area contributed by atoms with E-state index < -0.39 is 11.8 Å². The van der Waals surface area contributed by atoms with Gasteiger partial charge in [0.2, 0.25) is 0 Å². The third-order valence-electron chi connectivity index (χ3n) is 4.85. The van der Waals surface area contributed by atoms with Gasteiger partial charge in [-0.1, -0.05) is 42.5 Å². The Labute approximate surface area is 167 Å². The average Bonchev–Trinajstić information content (AvgIpc) is 2.98. The number of nitrogens with zero attached hydrogens (tertiary/aromatic N) is 1. The lowest BCUT2D eigenvalue weighted by atomic mass is 10.1. The molecule has 0 saturated heterocycles. The quantitative estimate of drug-likeness (QED) is 0.519. The minimum Gasteiger partial charge on any atom is -0.506 e. The molecule has 3 aromatic carbocycles. The van der Waals surface area contributed by atoms with E-state index in [9.17, 15) is 19.5 Å². The molecule has 1 aliphatic heterocycles. The number of nitrogens with one attached hydrogen (secondary N) is 1. The standard InChI is InChI=1S/C23H18N2O4/c26-20-9-5-4-8-19(20)24-21(27)16-10-11-17-18(14-16)23(29)25(22(17)28)13-12-15-6-2-1-3-7-15/h1-11,14,26H,12-13H2,(H,24,27). The fourth-order valence-electron chi connectivity index (χ4n) is 3.29. The van der Waals surface area contributed by atoms with E-state index in [0.717, 1.165) is 5.56 Å². The molecular weight excluding hydrogens is 368 g/mol. The molecule has 0 saturated carbocycles. The van der Waals surface area contributed by atoms with Crippen LogP contribution in [-0.4, -0.2) is 34.3 Å². The van der Waals surface area contributed by atoms with E-state index in [0.29, 0.717) is 12.0 Å². The molecule has 4 rings (SSSR count). The van der Waals surface area contributed by atoms with Crippen molar-refractivity contribution in [2.45, 2.75) is 6.42 Å². The van der Waals surface area contributed by atoms with Crippen LogP contribution < -0.4 is 5.32 Å². The average molecular weight is 386 g/mol. The van der Waals surface area contributed by atoms with Crippen LogP contribution in [0, 0.1) is 0 Å². The molecule has 1 heterocycles. The highest BCUT2D eigenvalue weighted by Gasteiger charge is 2.35. The maximum atomic E-state index is 12.7. The van der Waals surface area contributed by atoms with E-state index in [2.05, 4.69) is 5.32 Å². The van der Waals surface area contributed by atoms with Crippen LogP contribution in [0.4, 0.5) is 5.69 Å². The van der Waals surface area contributed by atoms with E-state index in [-0.39, 0.29) is 35.0 Å². The highest BCUT2D eigenvalue weighted by atomic mass is 16.3. The Balaban J connectivity index is 1.52. The molecule has 0 atom stereocenters. The molecule has 0 radical (unpaired) electrons. The van der Waals surface area contributed by atoms with E-state index in [1.807, 2.05) is 30.3 Å². The van der Waals surface area contributed by atoms with Gasteiger partial charge in [-0.2, -0.15) is 0 Å². The smallest absolute Gasteiger partial charge is 0.261 e. The third kappa shape index (κ3) is 3.60.